The Labute approximate surface area is 120 Å². The first-order valence-electron chi connectivity index (χ1n) is 5.51. The molecule has 108 valence electrons. The summed E-state index contributed by atoms with van der Waals surface area (Å²) in [4.78, 5) is -0.0870. The van der Waals surface area contributed by atoms with E-state index in [1.54, 1.807) is 7.11 Å². The molecule has 0 radical (unpaired) electrons. The van der Waals surface area contributed by atoms with Crippen molar-refractivity contribution in [3.05, 3.63) is 22.4 Å². The number of ether oxygens (including phenoxy) is 1. The van der Waals surface area contributed by atoms with E-state index in [-0.39, 0.29) is 27.5 Å². The molecule has 0 amide bonds. The van der Waals surface area contributed by atoms with E-state index in [0.29, 0.717) is 6.61 Å². The molecule has 1 unspecified atom stereocenters. The second-order valence-corrected chi connectivity index (χ2v) is 6.81. The molecule has 0 saturated heterocycles. The van der Waals surface area contributed by atoms with Crippen LogP contribution in [0.25, 0.3) is 0 Å². The number of rotatable bonds is 6. The molecular formula is C11H16BrFN2O3S. The third-order valence-electron chi connectivity index (χ3n) is 2.41. The molecule has 1 aromatic carbocycles. The first kappa shape index (κ1) is 16.4. The van der Waals surface area contributed by atoms with Crippen LogP contribution in [0.5, 0.6) is 0 Å². The van der Waals surface area contributed by atoms with Crippen LogP contribution in [-0.4, -0.2) is 28.7 Å². The first-order chi connectivity index (χ1) is 8.77. The van der Waals surface area contributed by atoms with Crippen LogP contribution in [0, 0.1) is 11.7 Å². The quantitative estimate of drug-likeness (QED) is 0.762. The third-order valence-corrected chi connectivity index (χ3v) is 4.80. The molecular weight excluding hydrogens is 339 g/mol. The van der Waals surface area contributed by atoms with Gasteiger partial charge in [-0.1, -0.05) is 6.92 Å². The standard InChI is InChI=1S/C11H16BrFN2O3S/c1-7(6-18-2)5-15-19(16,17)11-4-10(14)9(13)3-8(11)12/h3-4,7,15H,5-6,14H2,1-2H3. The van der Waals surface area contributed by atoms with Crippen molar-refractivity contribution in [2.45, 2.75) is 11.8 Å². The second-order valence-electron chi connectivity index (χ2n) is 4.22. The first-order valence-corrected chi connectivity index (χ1v) is 7.78. The Morgan fingerprint density at radius 1 is 1.53 bits per heavy atom. The molecule has 1 rings (SSSR count). The molecule has 0 aromatic heterocycles. The van der Waals surface area contributed by atoms with Gasteiger partial charge in [-0.3, -0.25) is 0 Å². The maximum absolute atomic E-state index is 13.2. The molecule has 0 fully saturated rings. The average Bonchev–Trinajstić information content (AvgIpc) is 2.31. The highest BCUT2D eigenvalue weighted by molar-refractivity contribution is 9.10. The highest BCUT2D eigenvalue weighted by Gasteiger charge is 2.20. The monoisotopic (exact) mass is 354 g/mol. The lowest BCUT2D eigenvalue weighted by molar-refractivity contribution is 0.161. The number of nitrogens with two attached hydrogens (primary N) is 1. The maximum Gasteiger partial charge on any atom is 0.241 e. The number of anilines is 1. The van der Waals surface area contributed by atoms with Gasteiger partial charge in [-0.05, 0) is 34.0 Å². The molecule has 0 aliphatic carbocycles. The van der Waals surface area contributed by atoms with Crippen molar-refractivity contribution in [3.63, 3.8) is 0 Å². The van der Waals surface area contributed by atoms with Gasteiger partial charge in [0.2, 0.25) is 10.0 Å². The van der Waals surface area contributed by atoms with Crippen LogP contribution < -0.4 is 10.5 Å². The van der Waals surface area contributed by atoms with Gasteiger partial charge in [0.25, 0.3) is 0 Å². The Kier molecular flexibility index (Phi) is 5.72. The Balaban J connectivity index is 2.92. The van der Waals surface area contributed by atoms with Crippen LogP contribution in [0.15, 0.2) is 21.5 Å². The minimum atomic E-state index is -3.74. The lowest BCUT2D eigenvalue weighted by Crippen LogP contribution is -2.30. The van der Waals surface area contributed by atoms with Gasteiger partial charge in [0.1, 0.15) is 5.82 Å². The van der Waals surface area contributed by atoms with Gasteiger partial charge in [0, 0.05) is 24.7 Å². The molecule has 3 N–H and O–H groups in total. The molecule has 0 spiro atoms. The van der Waals surface area contributed by atoms with Crippen molar-refractivity contribution in [2.24, 2.45) is 5.92 Å². The van der Waals surface area contributed by atoms with Crippen LogP contribution in [0.3, 0.4) is 0 Å². The van der Waals surface area contributed by atoms with Gasteiger partial charge < -0.3 is 10.5 Å². The summed E-state index contributed by atoms with van der Waals surface area (Å²) >= 11 is 3.02. The van der Waals surface area contributed by atoms with Crippen molar-refractivity contribution >= 4 is 31.6 Å². The fourth-order valence-electron chi connectivity index (χ4n) is 1.42. The minimum absolute atomic E-state index is 0.0244. The number of hydrogen-bond acceptors (Lipinski definition) is 4. The number of benzene rings is 1. The molecule has 5 nitrogen and oxygen atoms in total. The van der Waals surface area contributed by atoms with Gasteiger partial charge in [0.05, 0.1) is 10.6 Å². The topological polar surface area (TPSA) is 81.4 Å². The summed E-state index contributed by atoms with van der Waals surface area (Å²) < 4.78 is 44.8. The average molecular weight is 355 g/mol. The van der Waals surface area contributed by atoms with Crippen molar-refractivity contribution in [3.8, 4) is 0 Å². The number of hydrogen-bond donors (Lipinski definition) is 2. The smallest absolute Gasteiger partial charge is 0.241 e. The third kappa shape index (κ3) is 4.41. The molecule has 0 bridgehead atoms. The molecule has 0 heterocycles. The van der Waals surface area contributed by atoms with Crippen LogP contribution >= 0.6 is 15.9 Å². The summed E-state index contributed by atoms with van der Waals surface area (Å²) in [7, 11) is -2.20. The van der Waals surface area contributed by atoms with E-state index in [1.807, 2.05) is 6.92 Å². The van der Waals surface area contributed by atoms with Crippen molar-refractivity contribution < 1.29 is 17.5 Å². The summed E-state index contributed by atoms with van der Waals surface area (Å²) in [6.07, 6.45) is 0. The fraction of sp³-hybridized carbons (Fsp3) is 0.455. The normalized spacial score (nSPS) is 13.5. The van der Waals surface area contributed by atoms with E-state index >= 15 is 0 Å². The Morgan fingerprint density at radius 3 is 2.74 bits per heavy atom. The number of nitrogens with one attached hydrogen (secondary N) is 1. The zero-order valence-electron chi connectivity index (χ0n) is 10.6. The van der Waals surface area contributed by atoms with Gasteiger partial charge in [-0.15, -0.1) is 0 Å². The Hall–Kier alpha value is -0.700. The zero-order chi connectivity index (χ0) is 14.6. The maximum atomic E-state index is 13.2. The van der Waals surface area contributed by atoms with Crippen LogP contribution in [-0.2, 0) is 14.8 Å². The van der Waals surface area contributed by atoms with Crippen molar-refractivity contribution in [1.29, 1.82) is 0 Å². The molecule has 0 saturated carbocycles. The number of sulfonamides is 1. The summed E-state index contributed by atoms with van der Waals surface area (Å²) in [5, 5.41) is 0. The number of nitrogen functional groups attached to an aromatic ring is 1. The van der Waals surface area contributed by atoms with Crippen molar-refractivity contribution in [2.75, 3.05) is 26.0 Å². The molecule has 1 atom stereocenters. The predicted octanol–water partition coefficient (Wildman–Crippen LogP) is 1.73. The van der Waals surface area contributed by atoms with E-state index in [4.69, 9.17) is 10.5 Å². The van der Waals surface area contributed by atoms with Gasteiger partial charge in [0.15, 0.2) is 0 Å². The minimum Gasteiger partial charge on any atom is -0.396 e. The molecule has 1 aromatic rings. The van der Waals surface area contributed by atoms with Gasteiger partial charge in [-0.2, -0.15) is 0 Å². The largest absolute Gasteiger partial charge is 0.396 e. The summed E-state index contributed by atoms with van der Waals surface area (Å²) in [6.45, 7) is 2.51. The van der Waals surface area contributed by atoms with E-state index in [1.165, 1.54) is 0 Å². The van der Waals surface area contributed by atoms with E-state index in [0.717, 1.165) is 12.1 Å². The summed E-state index contributed by atoms with van der Waals surface area (Å²) in [5.41, 5.74) is 5.17. The molecule has 8 heteroatoms. The predicted molar refractivity (Wildman–Crippen MR) is 74.7 cm³/mol. The Morgan fingerprint density at radius 2 is 2.16 bits per heavy atom. The SMILES string of the molecule is COCC(C)CNS(=O)(=O)c1cc(N)c(F)cc1Br. The van der Waals surface area contributed by atoms with E-state index < -0.39 is 15.8 Å². The van der Waals surface area contributed by atoms with Gasteiger partial charge >= 0.3 is 0 Å². The summed E-state index contributed by atoms with van der Waals surface area (Å²) in [6, 6.07) is 2.12. The molecule has 19 heavy (non-hydrogen) atoms. The highest BCUT2D eigenvalue weighted by atomic mass is 79.9. The van der Waals surface area contributed by atoms with Crippen LogP contribution in [0.1, 0.15) is 6.92 Å². The zero-order valence-corrected chi connectivity index (χ0v) is 13.0. The molecule has 0 aliphatic heterocycles. The van der Waals surface area contributed by atoms with Crippen LogP contribution in [0.2, 0.25) is 0 Å². The second kappa shape index (κ2) is 6.65. The number of methoxy groups -OCH3 is 1. The highest BCUT2D eigenvalue weighted by Crippen LogP contribution is 2.26. The fourth-order valence-corrected chi connectivity index (χ4v) is 3.64. The van der Waals surface area contributed by atoms with Crippen molar-refractivity contribution in [1.82, 2.24) is 4.72 Å². The van der Waals surface area contributed by atoms with Crippen LogP contribution in [0.4, 0.5) is 10.1 Å². The van der Waals surface area contributed by atoms with E-state index in [9.17, 15) is 12.8 Å². The summed E-state index contributed by atoms with van der Waals surface area (Å²) in [5.74, 6) is -0.644. The Bertz CT molecular complexity index is 551. The lowest BCUT2D eigenvalue weighted by atomic mass is 10.2. The van der Waals surface area contributed by atoms with E-state index in [2.05, 4.69) is 20.7 Å². The molecule has 0 aliphatic rings. The van der Waals surface area contributed by atoms with Gasteiger partial charge in [-0.25, -0.2) is 17.5 Å². The number of halogens is 2. The lowest BCUT2D eigenvalue weighted by Gasteiger charge is -2.13.